The third-order valence-corrected chi connectivity index (χ3v) is 5.66. The van der Waals surface area contributed by atoms with Crippen molar-refractivity contribution in [3.05, 3.63) is 0 Å². The average molecular weight is 296 g/mol. The summed E-state index contributed by atoms with van der Waals surface area (Å²) in [6, 6.07) is 1.51. The van der Waals surface area contributed by atoms with Gasteiger partial charge in [0.1, 0.15) is 0 Å². The standard InChI is InChI=1S/C18H36N2O/c1-4-18(2)15-16(11-14-21-18)19-12-8-13-20(3)17-9-6-5-7-10-17/h16-17,19H,4-15H2,1-3H3. The molecule has 1 aliphatic carbocycles. The third-order valence-electron chi connectivity index (χ3n) is 5.66. The molecule has 0 aromatic rings. The molecule has 21 heavy (non-hydrogen) atoms. The van der Waals surface area contributed by atoms with Crippen molar-refractivity contribution < 1.29 is 4.74 Å². The zero-order valence-corrected chi connectivity index (χ0v) is 14.5. The van der Waals surface area contributed by atoms with E-state index in [-0.39, 0.29) is 5.60 Å². The normalized spacial score (nSPS) is 31.7. The second-order valence-electron chi connectivity index (χ2n) is 7.42. The molecular weight excluding hydrogens is 260 g/mol. The Balaban J connectivity index is 1.58. The number of rotatable bonds is 7. The summed E-state index contributed by atoms with van der Waals surface area (Å²) in [6.45, 7) is 7.82. The molecule has 0 aromatic carbocycles. The minimum absolute atomic E-state index is 0.106. The molecule has 3 heteroatoms. The van der Waals surface area contributed by atoms with E-state index in [1.807, 2.05) is 0 Å². The van der Waals surface area contributed by atoms with Crippen LogP contribution in [0.1, 0.15) is 71.6 Å². The zero-order chi connectivity index (χ0) is 15.1. The highest BCUT2D eigenvalue weighted by Crippen LogP contribution is 2.27. The fourth-order valence-electron chi connectivity index (χ4n) is 3.89. The second kappa shape index (κ2) is 8.50. The average Bonchev–Trinajstić information content (AvgIpc) is 2.52. The Morgan fingerprint density at radius 2 is 1.95 bits per heavy atom. The van der Waals surface area contributed by atoms with Gasteiger partial charge in [0.2, 0.25) is 0 Å². The van der Waals surface area contributed by atoms with Crippen molar-refractivity contribution in [2.45, 2.75) is 89.3 Å². The van der Waals surface area contributed by atoms with Gasteiger partial charge < -0.3 is 15.0 Å². The molecule has 0 bridgehead atoms. The molecular formula is C18H36N2O. The van der Waals surface area contributed by atoms with Gasteiger partial charge in [-0.2, -0.15) is 0 Å². The van der Waals surface area contributed by atoms with Crippen LogP contribution in [0.15, 0.2) is 0 Å². The van der Waals surface area contributed by atoms with Crippen LogP contribution in [0.5, 0.6) is 0 Å². The van der Waals surface area contributed by atoms with Gasteiger partial charge in [0.25, 0.3) is 0 Å². The summed E-state index contributed by atoms with van der Waals surface area (Å²) in [5, 5.41) is 3.76. The summed E-state index contributed by atoms with van der Waals surface area (Å²) in [5.41, 5.74) is 0.106. The lowest BCUT2D eigenvalue weighted by Gasteiger charge is -2.38. The van der Waals surface area contributed by atoms with Crippen molar-refractivity contribution in [3.8, 4) is 0 Å². The maximum Gasteiger partial charge on any atom is 0.0666 e. The topological polar surface area (TPSA) is 24.5 Å². The molecule has 1 N–H and O–H groups in total. The van der Waals surface area contributed by atoms with Crippen LogP contribution in [0.25, 0.3) is 0 Å². The first-order chi connectivity index (χ1) is 10.1. The molecule has 2 rings (SSSR count). The van der Waals surface area contributed by atoms with Crippen LogP contribution in [-0.2, 0) is 4.74 Å². The van der Waals surface area contributed by atoms with Gasteiger partial charge in [0, 0.05) is 18.7 Å². The number of ether oxygens (including phenoxy) is 1. The zero-order valence-electron chi connectivity index (χ0n) is 14.5. The maximum atomic E-state index is 5.92. The lowest BCUT2D eigenvalue weighted by Crippen LogP contribution is -2.45. The van der Waals surface area contributed by atoms with Gasteiger partial charge in [0.15, 0.2) is 0 Å². The highest BCUT2D eigenvalue weighted by molar-refractivity contribution is 4.85. The van der Waals surface area contributed by atoms with Crippen molar-refractivity contribution in [1.29, 1.82) is 0 Å². The van der Waals surface area contributed by atoms with Gasteiger partial charge in [-0.25, -0.2) is 0 Å². The van der Waals surface area contributed by atoms with E-state index in [4.69, 9.17) is 4.74 Å². The van der Waals surface area contributed by atoms with E-state index in [2.05, 4.69) is 31.1 Å². The second-order valence-corrected chi connectivity index (χ2v) is 7.42. The van der Waals surface area contributed by atoms with E-state index in [0.29, 0.717) is 6.04 Å². The molecule has 2 unspecified atom stereocenters. The van der Waals surface area contributed by atoms with Crippen molar-refractivity contribution in [2.75, 3.05) is 26.7 Å². The lowest BCUT2D eigenvalue weighted by molar-refractivity contribution is -0.0779. The van der Waals surface area contributed by atoms with Crippen molar-refractivity contribution >= 4 is 0 Å². The summed E-state index contributed by atoms with van der Waals surface area (Å²) in [5.74, 6) is 0. The smallest absolute Gasteiger partial charge is 0.0666 e. The monoisotopic (exact) mass is 296 g/mol. The molecule has 1 heterocycles. The van der Waals surface area contributed by atoms with Crippen LogP contribution < -0.4 is 5.32 Å². The highest BCUT2D eigenvalue weighted by Gasteiger charge is 2.31. The Kier molecular flexibility index (Phi) is 6.97. The number of nitrogens with zero attached hydrogens (tertiary/aromatic N) is 1. The Labute approximate surface area is 131 Å². The first-order valence-corrected chi connectivity index (χ1v) is 9.20. The SMILES string of the molecule is CCC1(C)CC(NCCCN(C)C2CCCCC2)CCO1. The summed E-state index contributed by atoms with van der Waals surface area (Å²) in [7, 11) is 2.32. The van der Waals surface area contributed by atoms with Crippen LogP contribution in [0.4, 0.5) is 0 Å². The van der Waals surface area contributed by atoms with E-state index in [0.717, 1.165) is 25.6 Å². The molecule has 0 amide bonds. The third kappa shape index (κ3) is 5.54. The Morgan fingerprint density at radius 1 is 1.19 bits per heavy atom. The van der Waals surface area contributed by atoms with Crippen LogP contribution in [-0.4, -0.2) is 49.3 Å². The van der Waals surface area contributed by atoms with Crippen molar-refractivity contribution in [2.24, 2.45) is 0 Å². The molecule has 2 fully saturated rings. The Bertz CT molecular complexity index is 291. The lowest BCUT2D eigenvalue weighted by atomic mass is 9.90. The predicted molar refractivity (Wildman–Crippen MR) is 89.8 cm³/mol. The van der Waals surface area contributed by atoms with Gasteiger partial charge >= 0.3 is 0 Å². The molecule has 3 nitrogen and oxygen atoms in total. The predicted octanol–water partition coefficient (Wildman–Crippen LogP) is 3.58. The quantitative estimate of drug-likeness (QED) is 0.727. The molecule has 2 aliphatic rings. The molecule has 1 saturated carbocycles. The molecule has 0 spiro atoms. The summed E-state index contributed by atoms with van der Waals surface area (Å²) < 4.78 is 5.92. The van der Waals surface area contributed by atoms with Crippen LogP contribution >= 0.6 is 0 Å². The molecule has 2 atom stereocenters. The Hall–Kier alpha value is -0.120. The van der Waals surface area contributed by atoms with E-state index >= 15 is 0 Å². The first kappa shape index (κ1) is 17.2. The molecule has 0 radical (unpaired) electrons. The highest BCUT2D eigenvalue weighted by atomic mass is 16.5. The summed E-state index contributed by atoms with van der Waals surface area (Å²) in [4.78, 5) is 2.60. The van der Waals surface area contributed by atoms with E-state index in [9.17, 15) is 0 Å². The minimum atomic E-state index is 0.106. The maximum absolute atomic E-state index is 5.92. The van der Waals surface area contributed by atoms with Crippen LogP contribution in [0.3, 0.4) is 0 Å². The minimum Gasteiger partial charge on any atom is -0.375 e. The number of nitrogens with one attached hydrogen (secondary N) is 1. The number of hydrogen-bond donors (Lipinski definition) is 1. The van der Waals surface area contributed by atoms with Crippen LogP contribution in [0.2, 0.25) is 0 Å². The Morgan fingerprint density at radius 3 is 2.67 bits per heavy atom. The van der Waals surface area contributed by atoms with Gasteiger partial charge in [-0.1, -0.05) is 26.2 Å². The van der Waals surface area contributed by atoms with E-state index in [1.165, 1.54) is 57.9 Å². The van der Waals surface area contributed by atoms with Gasteiger partial charge in [0.05, 0.1) is 5.60 Å². The molecule has 0 aromatic heterocycles. The van der Waals surface area contributed by atoms with Crippen molar-refractivity contribution in [1.82, 2.24) is 10.2 Å². The van der Waals surface area contributed by atoms with Crippen LogP contribution in [0, 0.1) is 0 Å². The molecule has 1 saturated heterocycles. The van der Waals surface area contributed by atoms with Gasteiger partial charge in [-0.3, -0.25) is 0 Å². The fourth-order valence-corrected chi connectivity index (χ4v) is 3.89. The molecule has 124 valence electrons. The fraction of sp³-hybridized carbons (Fsp3) is 1.00. The first-order valence-electron chi connectivity index (χ1n) is 9.20. The van der Waals surface area contributed by atoms with Gasteiger partial charge in [-0.15, -0.1) is 0 Å². The van der Waals surface area contributed by atoms with Crippen molar-refractivity contribution in [3.63, 3.8) is 0 Å². The molecule has 1 aliphatic heterocycles. The van der Waals surface area contributed by atoms with E-state index in [1.54, 1.807) is 0 Å². The van der Waals surface area contributed by atoms with Gasteiger partial charge in [-0.05, 0) is 65.6 Å². The summed E-state index contributed by atoms with van der Waals surface area (Å²) in [6.07, 6.45) is 11.9. The summed E-state index contributed by atoms with van der Waals surface area (Å²) >= 11 is 0. The largest absolute Gasteiger partial charge is 0.375 e. The number of hydrogen-bond acceptors (Lipinski definition) is 3. The van der Waals surface area contributed by atoms with E-state index < -0.39 is 0 Å².